The maximum Gasteiger partial charge on any atom is 0.220 e. The number of hydrogen-bond acceptors (Lipinski definition) is 18. The second kappa shape index (κ2) is 63.4. The Morgan fingerprint density at radius 3 is 1.09 bits per heavy atom. The van der Waals surface area contributed by atoms with Gasteiger partial charge in [0.15, 0.2) is 18.9 Å². The van der Waals surface area contributed by atoms with Crippen molar-refractivity contribution in [1.29, 1.82) is 0 Å². The van der Waals surface area contributed by atoms with Gasteiger partial charge in [-0.05, 0) is 89.9 Å². The summed E-state index contributed by atoms with van der Waals surface area (Å²) >= 11 is 0. The Hall–Kier alpha value is -3.55. The van der Waals surface area contributed by atoms with Gasteiger partial charge in [-0.15, -0.1) is 0 Å². The van der Waals surface area contributed by atoms with Crippen molar-refractivity contribution in [3.63, 3.8) is 0 Å². The summed E-state index contributed by atoms with van der Waals surface area (Å²) in [5, 5.41) is 121. The van der Waals surface area contributed by atoms with E-state index in [0.29, 0.717) is 12.8 Å². The van der Waals surface area contributed by atoms with E-state index in [1.54, 1.807) is 6.08 Å². The molecule has 103 heavy (non-hydrogen) atoms. The minimum atomic E-state index is -1.99. The van der Waals surface area contributed by atoms with E-state index in [1.165, 1.54) is 141 Å². The van der Waals surface area contributed by atoms with Crippen molar-refractivity contribution in [3.05, 3.63) is 109 Å². The van der Waals surface area contributed by atoms with Crippen LogP contribution in [0.4, 0.5) is 0 Å². The Morgan fingerprint density at radius 2 is 0.680 bits per heavy atom. The Bertz CT molecular complexity index is 2290. The molecule has 19 nitrogen and oxygen atoms in total. The number of allylic oxidation sites excluding steroid dienone is 17. The van der Waals surface area contributed by atoms with Gasteiger partial charge in [0.05, 0.1) is 38.6 Å². The van der Waals surface area contributed by atoms with Gasteiger partial charge < -0.3 is 89.9 Å². The minimum Gasteiger partial charge on any atom is -0.394 e. The van der Waals surface area contributed by atoms with Crippen molar-refractivity contribution in [2.24, 2.45) is 0 Å². The molecule has 3 aliphatic heterocycles. The third kappa shape index (κ3) is 43.3. The lowest BCUT2D eigenvalue weighted by molar-refractivity contribution is -0.379. The lowest BCUT2D eigenvalue weighted by Crippen LogP contribution is -2.66. The van der Waals surface area contributed by atoms with Crippen LogP contribution in [-0.2, 0) is 33.2 Å². The molecule has 12 N–H and O–H groups in total. The van der Waals surface area contributed by atoms with Crippen molar-refractivity contribution >= 4 is 5.91 Å². The fraction of sp³-hybridized carbons (Fsp3) is 0.774. The average molecular weight is 1460 g/mol. The second-order valence-electron chi connectivity index (χ2n) is 28.5. The number of amides is 1. The van der Waals surface area contributed by atoms with E-state index >= 15 is 0 Å². The van der Waals surface area contributed by atoms with Crippen molar-refractivity contribution in [3.8, 4) is 0 Å². The first-order chi connectivity index (χ1) is 50.3. The molecule has 0 saturated carbocycles. The zero-order valence-electron chi connectivity index (χ0n) is 63.5. The highest BCUT2D eigenvalue weighted by Gasteiger charge is 2.54. The van der Waals surface area contributed by atoms with Crippen LogP contribution in [-0.4, -0.2) is 193 Å². The van der Waals surface area contributed by atoms with Crippen molar-refractivity contribution in [1.82, 2.24) is 5.32 Å². The molecule has 0 aromatic rings. The number of nitrogens with one attached hydrogen (secondary N) is 1. The van der Waals surface area contributed by atoms with Gasteiger partial charge in [-0.25, -0.2) is 0 Å². The van der Waals surface area contributed by atoms with Crippen LogP contribution in [0.1, 0.15) is 284 Å². The van der Waals surface area contributed by atoms with E-state index in [9.17, 15) is 61.0 Å². The highest BCUT2D eigenvalue weighted by atomic mass is 16.8. The molecule has 19 heteroatoms. The summed E-state index contributed by atoms with van der Waals surface area (Å²) in [6.07, 6.45) is 60.7. The molecule has 17 atom stereocenters. The van der Waals surface area contributed by atoms with Gasteiger partial charge in [-0.1, -0.05) is 297 Å². The van der Waals surface area contributed by atoms with Crippen LogP contribution in [0.25, 0.3) is 0 Å². The van der Waals surface area contributed by atoms with Crippen LogP contribution in [0.15, 0.2) is 109 Å². The van der Waals surface area contributed by atoms with E-state index in [-0.39, 0.29) is 18.9 Å². The van der Waals surface area contributed by atoms with Gasteiger partial charge in [-0.3, -0.25) is 4.79 Å². The van der Waals surface area contributed by atoms with Crippen LogP contribution in [0.2, 0.25) is 0 Å². The largest absolute Gasteiger partial charge is 0.394 e. The molecule has 0 spiro atoms. The summed E-state index contributed by atoms with van der Waals surface area (Å²) in [6.45, 7) is 1.61. The first kappa shape index (κ1) is 93.7. The number of carbonyl (C=O) groups excluding carboxylic acids is 1. The smallest absolute Gasteiger partial charge is 0.220 e. The fourth-order valence-electron chi connectivity index (χ4n) is 13.1. The topological polar surface area (TPSA) is 307 Å². The van der Waals surface area contributed by atoms with Crippen molar-refractivity contribution < 1.29 is 89.4 Å². The van der Waals surface area contributed by atoms with Gasteiger partial charge >= 0.3 is 0 Å². The first-order valence-electron chi connectivity index (χ1n) is 40.6. The molecule has 3 saturated heterocycles. The molecule has 3 heterocycles. The molecule has 0 aromatic carbocycles. The van der Waals surface area contributed by atoms with Gasteiger partial charge in [0.25, 0.3) is 0 Å². The standard InChI is InChI=1S/C84H145NO18/c1-3-5-7-9-11-13-15-17-19-21-23-25-27-29-31-33-35-37-39-41-43-45-47-49-51-53-55-57-59-61-68(89)67(85-72(90)62-60-58-56-54-52-50-48-46-44-42-40-38-36-34-32-30-28-26-24-22-20-18-16-14-12-10-8-6-4-2)66-98-82-78(96)75(93)80(70(64-87)100-82)103-84-79(97)76(94)81(71(65-88)101-84)102-83-77(95)74(92)73(91)69(63-86)99-83/h6,8,12,14,18,20,24,26,30,32,36,38,42,44,51,53,59,61,67-71,73-84,86-89,91-97H,3-5,7,9-11,13,15-17,19,21-23,25,27-29,31,33-35,37,39-41,43,45-50,52,54-58,60,62-66H2,1-2H3,(H,85,90)/b8-6-,14-12-,20-18-,26-24-,32-30-,38-36-,44-42-,53-51+,61-59+. The van der Waals surface area contributed by atoms with E-state index < -0.39 is 124 Å². The predicted octanol–water partition coefficient (Wildman–Crippen LogP) is 13.7. The first-order valence-corrected chi connectivity index (χ1v) is 40.6. The van der Waals surface area contributed by atoms with Crippen LogP contribution < -0.4 is 5.32 Å². The Morgan fingerprint density at radius 1 is 0.359 bits per heavy atom. The Labute approximate surface area is 621 Å². The zero-order chi connectivity index (χ0) is 74.6. The second-order valence-corrected chi connectivity index (χ2v) is 28.5. The molecule has 0 radical (unpaired) electrons. The maximum atomic E-state index is 13.5. The molecule has 3 rings (SSSR count). The molecular formula is C84H145NO18. The number of ether oxygens (including phenoxy) is 6. The van der Waals surface area contributed by atoms with Crippen LogP contribution in [0.5, 0.6) is 0 Å². The predicted molar refractivity (Wildman–Crippen MR) is 410 cm³/mol. The molecule has 17 unspecified atom stereocenters. The highest BCUT2D eigenvalue weighted by molar-refractivity contribution is 5.76. The van der Waals surface area contributed by atoms with E-state index in [1.807, 2.05) is 6.08 Å². The number of hydrogen-bond donors (Lipinski definition) is 12. The van der Waals surface area contributed by atoms with Gasteiger partial charge in [-0.2, -0.15) is 0 Å². The van der Waals surface area contributed by atoms with Crippen LogP contribution in [0.3, 0.4) is 0 Å². The number of aliphatic hydroxyl groups excluding tert-OH is 11. The molecule has 0 aliphatic carbocycles. The third-order valence-electron chi connectivity index (χ3n) is 19.6. The number of rotatable bonds is 63. The highest BCUT2D eigenvalue weighted by Crippen LogP contribution is 2.33. The molecule has 594 valence electrons. The average Bonchev–Trinajstić information content (AvgIpc) is 0.781. The van der Waals surface area contributed by atoms with Gasteiger partial charge in [0.1, 0.15) is 73.2 Å². The summed E-state index contributed by atoms with van der Waals surface area (Å²) in [5.74, 6) is -0.299. The number of unbranched alkanes of at least 4 members (excludes halogenated alkanes) is 31. The van der Waals surface area contributed by atoms with E-state index in [4.69, 9.17) is 28.4 Å². The molecule has 0 aromatic heterocycles. The summed E-state index contributed by atoms with van der Waals surface area (Å²) in [6, 6.07) is -1.01. The van der Waals surface area contributed by atoms with Gasteiger partial charge in [0, 0.05) is 6.42 Å². The maximum absolute atomic E-state index is 13.5. The molecule has 0 bridgehead atoms. The summed E-state index contributed by atoms with van der Waals surface area (Å²) < 4.78 is 34.4. The molecular weight excluding hydrogens is 1310 g/mol. The van der Waals surface area contributed by atoms with Gasteiger partial charge in [0.2, 0.25) is 5.91 Å². The lowest BCUT2D eigenvalue weighted by Gasteiger charge is -2.48. The normalized spacial score (nSPS) is 26.6. The SMILES string of the molecule is CC/C=C\C/C=C\C/C=C\C/C=C\C/C=C\C/C=C\C/C=C\CCCCCCCCCC(=O)NC(COC1OC(CO)C(OC2OC(CO)C(OC3OC(CO)C(O)C(O)C3O)C(O)C2O)C(O)C1O)C(O)/C=C/CC/C=C/CCCCCCCCCCCCCCCCCCCCCCCCC. The molecule has 3 fully saturated rings. The summed E-state index contributed by atoms with van der Waals surface area (Å²) in [7, 11) is 0. The van der Waals surface area contributed by atoms with E-state index in [0.717, 1.165) is 109 Å². The van der Waals surface area contributed by atoms with Crippen LogP contribution >= 0.6 is 0 Å². The Kier molecular flexibility index (Phi) is 57.6. The van der Waals surface area contributed by atoms with Crippen molar-refractivity contribution in [2.75, 3.05) is 26.4 Å². The summed E-state index contributed by atoms with van der Waals surface area (Å²) in [5.41, 5.74) is 0. The number of carbonyl (C=O) groups is 1. The third-order valence-corrected chi connectivity index (χ3v) is 19.6. The summed E-state index contributed by atoms with van der Waals surface area (Å²) in [4.78, 5) is 13.5. The quantitative estimate of drug-likeness (QED) is 0.0199. The van der Waals surface area contributed by atoms with E-state index in [2.05, 4.69) is 116 Å². The van der Waals surface area contributed by atoms with Crippen LogP contribution in [0, 0.1) is 0 Å². The molecule has 3 aliphatic rings. The monoisotopic (exact) mass is 1460 g/mol. The minimum absolute atomic E-state index is 0.216. The lowest BCUT2D eigenvalue weighted by atomic mass is 9.96. The van der Waals surface area contributed by atoms with Crippen molar-refractivity contribution in [2.45, 2.75) is 388 Å². The number of aliphatic hydroxyl groups is 11. The Balaban J connectivity index is 1.40. The fourth-order valence-corrected chi connectivity index (χ4v) is 13.1. The zero-order valence-corrected chi connectivity index (χ0v) is 63.5. The molecule has 1 amide bonds.